The minimum absolute atomic E-state index is 0.112. The molecule has 1 aromatic rings. The summed E-state index contributed by atoms with van der Waals surface area (Å²) in [5, 5.41) is 6.42. The third kappa shape index (κ3) is 3.04. The first-order valence-corrected chi connectivity index (χ1v) is 6.90. The van der Waals surface area contributed by atoms with Crippen molar-refractivity contribution in [2.45, 2.75) is 19.4 Å². The first kappa shape index (κ1) is 14.7. The van der Waals surface area contributed by atoms with Gasteiger partial charge < -0.3 is 20.1 Å². The van der Waals surface area contributed by atoms with E-state index in [0.717, 1.165) is 19.5 Å². The van der Waals surface area contributed by atoms with Crippen molar-refractivity contribution in [3.05, 3.63) is 23.8 Å². The molecule has 2 N–H and O–H groups in total. The highest BCUT2D eigenvalue weighted by molar-refractivity contribution is 5.98. The first-order chi connectivity index (χ1) is 9.67. The second kappa shape index (κ2) is 6.61. The number of hydrogen-bond donors (Lipinski definition) is 2. The lowest BCUT2D eigenvalue weighted by Gasteiger charge is -2.30. The van der Waals surface area contributed by atoms with E-state index in [0.29, 0.717) is 23.0 Å². The molecule has 1 fully saturated rings. The molecular formula is C15H22N2O3. The fraction of sp³-hybridized carbons (Fsp3) is 0.533. The second-order valence-corrected chi connectivity index (χ2v) is 5.09. The van der Waals surface area contributed by atoms with Gasteiger partial charge in [-0.15, -0.1) is 0 Å². The Balaban J connectivity index is 2.16. The lowest BCUT2D eigenvalue weighted by Crippen LogP contribution is -2.48. The number of amides is 1. The number of para-hydroxylation sites is 1. The van der Waals surface area contributed by atoms with Gasteiger partial charge in [0, 0.05) is 6.04 Å². The van der Waals surface area contributed by atoms with E-state index in [4.69, 9.17) is 9.47 Å². The highest BCUT2D eigenvalue weighted by Crippen LogP contribution is 2.30. The van der Waals surface area contributed by atoms with E-state index in [2.05, 4.69) is 17.6 Å². The van der Waals surface area contributed by atoms with Gasteiger partial charge in [-0.1, -0.05) is 13.0 Å². The average Bonchev–Trinajstić information content (AvgIpc) is 2.48. The highest BCUT2D eigenvalue weighted by Gasteiger charge is 2.25. The lowest BCUT2D eigenvalue weighted by atomic mass is 9.95. The largest absolute Gasteiger partial charge is 0.493 e. The van der Waals surface area contributed by atoms with Crippen LogP contribution in [0, 0.1) is 5.92 Å². The monoisotopic (exact) mass is 278 g/mol. The van der Waals surface area contributed by atoms with Gasteiger partial charge in [0.2, 0.25) is 0 Å². The number of hydrogen-bond acceptors (Lipinski definition) is 4. The number of rotatable bonds is 4. The molecule has 1 saturated heterocycles. The molecule has 2 unspecified atom stereocenters. The first-order valence-electron chi connectivity index (χ1n) is 6.90. The third-order valence-electron chi connectivity index (χ3n) is 3.75. The summed E-state index contributed by atoms with van der Waals surface area (Å²) in [6.07, 6.45) is 0.944. The molecule has 0 radical (unpaired) electrons. The molecule has 110 valence electrons. The molecule has 1 aromatic carbocycles. The zero-order valence-electron chi connectivity index (χ0n) is 12.2. The topological polar surface area (TPSA) is 59.6 Å². The van der Waals surface area contributed by atoms with Gasteiger partial charge in [0.25, 0.3) is 5.91 Å². The van der Waals surface area contributed by atoms with Crippen LogP contribution in [0.15, 0.2) is 18.2 Å². The van der Waals surface area contributed by atoms with Crippen LogP contribution in [0.2, 0.25) is 0 Å². The van der Waals surface area contributed by atoms with Crippen LogP contribution in [0.4, 0.5) is 0 Å². The maximum Gasteiger partial charge on any atom is 0.255 e. The molecule has 5 heteroatoms. The molecule has 5 nitrogen and oxygen atoms in total. The molecule has 0 aliphatic carbocycles. The molecule has 0 spiro atoms. The number of ether oxygens (including phenoxy) is 2. The van der Waals surface area contributed by atoms with Crippen molar-refractivity contribution in [1.29, 1.82) is 0 Å². The van der Waals surface area contributed by atoms with Crippen LogP contribution < -0.4 is 20.1 Å². The molecular weight excluding hydrogens is 256 g/mol. The van der Waals surface area contributed by atoms with E-state index in [1.165, 1.54) is 0 Å². The maximum atomic E-state index is 12.4. The lowest BCUT2D eigenvalue weighted by molar-refractivity contribution is 0.0910. The number of methoxy groups -OCH3 is 2. The molecule has 1 amide bonds. The minimum atomic E-state index is -0.112. The summed E-state index contributed by atoms with van der Waals surface area (Å²) in [6, 6.07) is 5.52. The van der Waals surface area contributed by atoms with Gasteiger partial charge in [-0.2, -0.15) is 0 Å². The average molecular weight is 278 g/mol. The van der Waals surface area contributed by atoms with E-state index in [1.807, 2.05) is 0 Å². The summed E-state index contributed by atoms with van der Waals surface area (Å²) in [6.45, 7) is 4.00. The predicted octanol–water partition coefficient (Wildman–Crippen LogP) is 1.43. The molecule has 0 saturated carbocycles. The van der Waals surface area contributed by atoms with Crippen LogP contribution in [0.3, 0.4) is 0 Å². The smallest absolute Gasteiger partial charge is 0.255 e. The molecule has 0 aromatic heterocycles. The summed E-state index contributed by atoms with van der Waals surface area (Å²) >= 11 is 0. The molecule has 1 aliphatic heterocycles. The van der Waals surface area contributed by atoms with Crippen LogP contribution in [-0.2, 0) is 0 Å². The van der Waals surface area contributed by atoms with Crippen molar-refractivity contribution in [1.82, 2.24) is 10.6 Å². The Labute approximate surface area is 119 Å². The third-order valence-corrected chi connectivity index (χ3v) is 3.75. The number of nitrogens with one attached hydrogen (secondary N) is 2. The number of piperidine rings is 1. The molecule has 20 heavy (non-hydrogen) atoms. The van der Waals surface area contributed by atoms with Crippen LogP contribution in [0.1, 0.15) is 23.7 Å². The Bertz CT molecular complexity index is 476. The van der Waals surface area contributed by atoms with E-state index < -0.39 is 0 Å². The van der Waals surface area contributed by atoms with Crippen molar-refractivity contribution < 1.29 is 14.3 Å². The molecule has 1 aliphatic rings. The van der Waals surface area contributed by atoms with Gasteiger partial charge in [-0.05, 0) is 37.6 Å². The fourth-order valence-electron chi connectivity index (χ4n) is 2.54. The van der Waals surface area contributed by atoms with Crippen LogP contribution >= 0.6 is 0 Å². The highest BCUT2D eigenvalue weighted by atomic mass is 16.5. The number of carbonyl (C=O) groups is 1. The van der Waals surface area contributed by atoms with Gasteiger partial charge in [0.05, 0.1) is 19.8 Å². The summed E-state index contributed by atoms with van der Waals surface area (Å²) < 4.78 is 10.5. The summed E-state index contributed by atoms with van der Waals surface area (Å²) in [4.78, 5) is 12.4. The maximum absolute atomic E-state index is 12.4. The van der Waals surface area contributed by atoms with Crippen LogP contribution in [0.25, 0.3) is 0 Å². The Morgan fingerprint density at radius 2 is 2.15 bits per heavy atom. The van der Waals surface area contributed by atoms with Gasteiger partial charge in [-0.3, -0.25) is 4.79 Å². The molecule has 1 heterocycles. The van der Waals surface area contributed by atoms with Crippen LogP contribution in [0.5, 0.6) is 11.5 Å². The normalized spacial score (nSPS) is 22.1. The Kier molecular flexibility index (Phi) is 4.84. The predicted molar refractivity (Wildman–Crippen MR) is 77.5 cm³/mol. The standard InChI is InChI=1S/C15H22N2O3/c1-10-9-16-8-7-12(10)17-15(18)11-5-4-6-13(19-2)14(11)20-3/h4-6,10,12,16H,7-9H2,1-3H3,(H,17,18). The summed E-state index contributed by atoms with van der Waals surface area (Å²) in [7, 11) is 3.11. The molecule has 2 rings (SSSR count). The van der Waals surface area contributed by atoms with Gasteiger partial charge in [-0.25, -0.2) is 0 Å². The fourth-order valence-corrected chi connectivity index (χ4v) is 2.54. The van der Waals surface area contributed by atoms with Gasteiger partial charge >= 0.3 is 0 Å². The minimum Gasteiger partial charge on any atom is -0.493 e. The SMILES string of the molecule is COc1cccc(C(=O)NC2CCNCC2C)c1OC. The van der Waals surface area contributed by atoms with Crippen molar-refractivity contribution in [3.63, 3.8) is 0 Å². The van der Waals surface area contributed by atoms with Crippen molar-refractivity contribution >= 4 is 5.91 Å². The van der Waals surface area contributed by atoms with Gasteiger partial charge in [0.1, 0.15) is 0 Å². The van der Waals surface area contributed by atoms with Crippen molar-refractivity contribution in [3.8, 4) is 11.5 Å². The number of carbonyl (C=O) groups excluding carboxylic acids is 1. The summed E-state index contributed by atoms with van der Waals surface area (Å²) in [5.41, 5.74) is 0.512. The summed E-state index contributed by atoms with van der Waals surface area (Å²) in [5.74, 6) is 1.36. The zero-order chi connectivity index (χ0) is 14.5. The van der Waals surface area contributed by atoms with E-state index >= 15 is 0 Å². The van der Waals surface area contributed by atoms with Crippen molar-refractivity contribution in [2.75, 3.05) is 27.3 Å². The van der Waals surface area contributed by atoms with E-state index in [1.54, 1.807) is 32.4 Å². The quantitative estimate of drug-likeness (QED) is 0.875. The molecule has 0 bridgehead atoms. The van der Waals surface area contributed by atoms with E-state index in [-0.39, 0.29) is 11.9 Å². The zero-order valence-corrected chi connectivity index (χ0v) is 12.2. The number of benzene rings is 1. The van der Waals surface area contributed by atoms with Gasteiger partial charge in [0.15, 0.2) is 11.5 Å². The second-order valence-electron chi connectivity index (χ2n) is 5.09. The molecule has 2 atom stereocenters. The Morgan fingerprint density at radius 1 is 1.35 bits per heavy atom. The Hall–Kier alpha value is -1.75. The van der Waals surface area contributed by atoms with Crippen LogP contribution in [-0.4, -0.2) is 39.3 Å². The van der Waals surface area contributed by atoms with E-state index in [9.17, 15) is 4.79 Å². The van der Waals surface area contributed by atoms with Crippen molar-refractivity contribution in [2.24, 2.45) is 5.92 Å². The Morgan fingerprint density at radius 3 is 2.80 bits per heavy atom.